The molecule has 0 spiro atoms. The molecule has 1 saturated carbocycles. The molecule has 1 saturated heterocycles. The number of aromatic nitrogens is 2. The molecule has 2 heterocycles. The minimum absolute atomic E-state index is 0.215. The minimum Gasteiger partial charge on any atom is -0.434 e. The first kappa shape index (κ1) is 19.7. The van der Waals surface area contributed by atoms with Crippen molar-refractivity contribution in [3.05, 3.63) is 34.9 Å². The van der Waals surface area contributed by atoms with E-state index in [2.05, 4.69) is 27.5 Å². The second-order valence-corrected chi connectivity index (χ2v) is 8.86. The molecule has 0 radical (unpaired) electrons. The quantitative estimate of drug-likeness (QED) is 0.748. The van der Waals surface area contributed by atoms with Gasteiger partial charge in [0.2, 0.25) is 0 Å². The molecule has 1 aliphatic heterocycles. The SMILES string of the molecule is CN1CCC[C@@H](Nc2nnc(-c3ccc(C4CC4)cc3OC(F)F)c3c2CCC3)C1. The number of hydrogen-bond acceptors (Lipinski definition) is 5. The fourth-order valence-electron chi connectivity index (χ4n) is 4.90. The van der Waals surface area contributed by atoms with Crippen molar-refractivity contribution in [3.8, 4) is 17.0 Å². The summed E-state index contributed by atoms with van der Waals surface area (Å²) in [5.74, 6) is 1.54. The van der Waals surface area contributed by atoms with Crippen LogP contribution in [-0.2, 0) is 12.8 Å². The van der Waals surface area contributed by atoms with Gasteiger partial charge in [0.1, 0.15) is 11.4 Å². The van der Waals surface area contributed by atoms with Gasteiger partial charge in [-0.25, -0.2) is 0 Å². The number of likely N-dealkylation sites (N-methyl/N-ethyl adjacent to an activating group) is 1. The highest BCUT2D eigenvalue weighted by molar-refractivity contribution is 5.74. The molecule has 2 aromatic rings. The van der Waals surface area contributed by atoms with E-state index in [1.165, 1.54) is 12.0 Å². The number of anilines is 1. The van der Waals surface area contributed by atoms with Gasteiger partial charge < -0.3 is 15.0 Å². The standard InChI is InChI=1S/C23H28F2N4O/c1-29-11-3-4-16(13-29)26-22-18-6-2-5-17(18)21(27-28-22)19-10-9-15(14-7-8-14)12-20(19)30-23(24)25/h9-10,12,14,16,23H,2-8,11,13H2,1H3,(H,26,28)/t16-/m1/s1. The Hall–Kier alpha value is -2.28. The van der Waals surface area contributed by atoms with Gasteiger partial charge in [0, 0.05) is 23.7 Å². The second-order valence-electron chi connectivity index (χ2n) is 8.86. The minimum atomic E-state index is -2.86. The molecule has 0 unspecified atom stereocenters. The number of rotatable bonds is 6. The molecule has 5 nitrogen and oxygen atoms in total. The molecular formula is C23H28F2N4O. The first-order chi connectivity index (χ1) is 14.6. The average Bonchev–Trinajstić information content (AvgIpc) is 3.44. The molecule has 2 aliphatic carbocycles. The molecular weight excluding hydrogens is 386 g/mol. The van der Waals surface area contributed by atoms with Gasteiger partial charge in [0.15, 0.2) is 5.82 Å². The van der Waals surface area contributed by atoms with Crippen LogP contribution < -0.4 is 10.1 Å². The van der Waals surface area contributed by atoms with E-state index in [1.54, 1.807) is 6.07 Å². The summed E-state index contributed by atoms with van der Waals surface area (Å²) in [6, 6.07) is 6.05. The molecule has 0 amide bonds. The van der Waals surface area contributed by atoms with Crippen LogP contribution in [0.4, 0.5) is 14.6 Å². The van der Waals surface area contributed by atoms with Crippen molar-refractivity contribution in [3.63, 3.8) is 0 Å². The van der Waals surface area contributed by atoms with Crippen LogP contribution >= 0.6 is 0 Å². The summed E-state index contributed by atoms with van der Waals surface area (Å²) < 4.78 is 31.2. The number of halogens is 2. The van der Waals surface area contributed by atoms with Crippen LogP contribution in [0, 0.1) is 0 Å². The highest BCUT2D eigenvalue weighted by Gasteiger charge is 2.28. The van der Waals surface area contributed by atoms with Gasteiger partial charge in [-0.3, -0.25) is 0 Å². The highest BCUT2D eigenvalue weighted by Crippen LogP contribution is 2.44. The lowest BCUT2D eigenvalue weighted by Crippen LogP contribution is -2.40. The Morgan fingerprint density at radius 2 is 1.93 bits per heavy atom. The third-order valence-corrected chi connectivity index (χ3v) is 6.53. The van der Waals surface area contributed by atoms with Crippen LogP contribution in [0.1, 0.15) is 54.7 Å². The Bertz CT molecular complexity index is 932. The van der Waals surface area contributed by atoms with E-state index >= 15 is 0 Å². The van der Waals surface area contributed by atoms with Crippen molar-refractivity contribution < 1.29 is 13.5 Å². The van der Waals surface area contributed by atoms with Crippen molar-refractivity contribution in [2.75, 3.05) is 25.5 Å². The second kappa shape index (κ2) is 8.10. The monoisotopic (exact) mass is 414 g/mol. The van der Waals surface area contributed by atoms with E-state index in [9.17, 15) is 8.78 Å². The topological polar surface area (TPSA) is 50.3 Å². The number of fused-ring (bicyclic) bond motifs is 1. The number of benzene rings is 1. The van der Waals surface area contributed by atoms with Crippen LogP contribution in [-0.4, -0.2) is 47.9 Å². The zero-order valence-electron chi connectivity index (χ0n) is 17.3. The van der Waals surface area contributed by atoms with E-state index in [0.717, 1.165) is 68.6 Å². The Labute approximate surface area is 175 Å². The van der Waals surface area contributed by atoms with Crippen molar-refractivity contribution in [2.45, 2.75) is 63.5 Å². The number of nitrogens with one attached hydrogen (secondary N) is 1. The lowest BCUT2D eigenvalue weighted by molar-refractivity contribution is -0.0495. The van der Waals surface area contributed by atoms with Crippen LogP contribution in [0.15, 0.2) is 18.2 Å². The first-order valence-electron chi connectivity index (χ1n) is 11.0. The summed E-state index contributed by atoms with van der Waals surface area (Å²) in [7, 11) is 2.14. The van der Waals surface area contributed by atoms with Crippen LogP contribution in [0.3, 0.4) is 0 Å². The zero-order chi connectivity index (χ0) is 20.7. The Morgan fingerprint density at radius 3 is 2.70 bits per heavy atom. The predicted molar refractivity (Wildman–Crippen MR) is 112 cm³/mol. The molecule has 7 heteroatoms. The Morgan fingerprint density at radius 1 is 1.10 bits per heavy atom. The Kier molecular flexibility index (Phi) is 5.31. The van der Waals surface area contributed by atoms with Gasteiger partial charge in [-0.15, -0.1) is 10.2 Å². The predicted octanol–water partition coefficient (Wildman–Crippen LogP) is 4.62. The third-order valence-electron chi connectivity index (χ3n) is 6.53. The number of likely N-dealkylation sites (tertiary alicyclic amines) is 1. The van der Waals surface area contributed by atoms with Gasteiger partial charge in [-0.2, -0.15) is 8.78 Å². The van der Waals surface area contributed by atoms with Gasteiger partial charge in [-0.1, -0.05) is 6.07 Å². The summed E-state index contributed by atoms with van der Waals surface area (Å²) >= 11 is 0. The number of alkyl halides is 2. The molecule has 30 heavy (non-hydrogen) atoms. The van der Waals surface area contributed by atoms with Crippen LogP contribution in [0.25, 0.3) is 11.3 Å². The molecule has 1 aromatic heterocycles. The molecule has 3 aliphatic rings. The summed E-state index contributed by atoms with van der Waals surface area (Å²) in [4.78, 5) is 2.33. The van der Waals surface area contributed by atoms with E-state index in [0.29, 0.717) is 23.2 Å². The first-order valence-corrected chi connectivity index (χ1v) is 11.0. The van der Waals surface area contributed by atoms with E-state index < -0.39 is 6.61 Å². The maximum Gasteiger partial charge on any atom is 0.387 e. The van der Waals surface area contributed by atoms with Crippen molar-refractivity contribution in [2.24, 2.45) is 0 Å². The lowest BCUT2D eigenvalue weighted by atomic mass is 9.99. The molecule has 1 N–H and O–H groups in total. The molecule has 5 rings (SSSR count). The summed E-state index contributed by atoms with van der Waals surface area (Å²) in [5.41, 5.74) is 4.68. The highest BCUT2D eigenvalue weighted by atomic mass is 19.3. The molecule has 160 valence electrons. The van der Waals surface area contributed by atoms with Gasteiger partial charge >= 0.3 is 6.61 Å². The molecule has 0 bridgehead atoms. The van der Waals surface area contributed by atoms with Gasteiger partial charge in [-0.05, 0) is 87.7 Å². The summed E-state index contributed by atoms with van der Waals surface area (Å²) in [5, 5.41) is 12.6. The summed E-state index contributed by atoms with van der Waals surface area (Å²) in [6.07, 6.45) is 7.37. The normalized spacial score (nSPS) is 21.7. The molecule has 1 atom stereocenters. The van der Waals surface area contributed by atoms with Crippen LogP contribution in [0.2, 0.25) is 0 Å². The fraction of sp³-hybridized carbons (Fsp3) is 0.565. The van der Waals surface area contributed by atoms with E-state index in [-0.39, 0.29) is 5.75 Å². The molecule has 2 fully saturated rings. The largest absolute Gasteiger partial charge is 0.434 e. The zero-order valence-corrected chi connectivity index (χ0v) is 17.3. The number of piperidine rings is 1. The van der Waals surface area contributed by atoms with E-state index in [1.807, 2.05) is 12.1 Å². The number of nitrogens with zero attached hydrogens (tertiary/aromatic N) is 3. The van der Waals surface area contributed by atoms with Gasteiger partial charge in [0.05, 0.1) is 0 Å². The fourth-order valence-corrected chi connectivity index (χ4v) is 4.90. The maximum atomic E-state index is 13.1. The third kappa shape index (κ3) is 4.00. The number of hydrogen-bond donors (Lipinski definition) is 1. The van der Waals surface area contributed by atoms with Crippen molar-refractivity contribution in [1.82, 2.24) is 15.1 Å². The average molecular weight is 415 g/mol. The van der Waals surface area contributed by atoms with Crippen LogP contribution in [0.5, 0.6) is 5.75 Å². The maximum absolute atomic E-state index is 13.1. The van der Waals surface area contributed by atoms with Crippen molar-refractivity contribution in [1.29, 1.82) is 0 Å². The lowest BCUT2D eigenvalue weighted by Gasteiger charge is -2.31. The molecule has 1 aromatic carbocycles. The van der Waals surface area contributed by atoms with Crippen molar-refractivity contribution >= 4 is 5.82 Å². The smallest absolute Gasteiger partial charge is 0.387 e. The van der Waals surface area contributed by atoms with Gasteiger partial charge in [0.25, 0.3) is 0 Å². The summed E-state index contributed by atoms with van der Waals surface area (Å²) in [6.45, 7) is -0.735. The number of ether oxygens (including phenoxy) is 1. The van der Waals surface area contributed by atoms with E-state index in [4.69, 9.17) is 4.74 Å². The Balaban J connectivity index is 1.49.